The third-order valence-electron chi connectivity index (χ3n) is 4.81. The van der Waals surface area contributed by atoms with Crippen molar-refractivity contribution in [1.29, 1.82) is 0 Å². The maximum Gasteiger partial charge on any atom is 0.330 e. The van der Waals surface area contributed by atoms with Crippen molar-refractivity contribution in [2.75, 3.05) is 6.16 Å². The second-order valence-corrected chi connectivity index (χ2v) is 9.68. The van der Waals surface area contributed by atoms with E-state index in [0.717, 1.165) is 0 Å². The molecule has 10 heteroatoms. The minimum Gasteiger partial charge on any atom is -0.779 e. The predicted octanol–water partition coefficient (Wildman–Crippen LogP) is 1.09. The number of hydrogen-bond acceptors (Lipinski definition) is 5. The Balaban J connectivity index is 0.00000338. The summed E-state index contributed by atoms with van der Waals surface area (Å²) in [5.41, 5.74) is -0.787. The second-order valence-electron chi connectivity index (χ2n) is 8.04. The number of ether oxygens (including phenoxy) is 1. The average Bonchev–Trinajstić information content (AvgIpc) is 2.86. The quantitative estimate of drug-likeness (QED) is 0.720. The number of nitrogens with zero attached hydrogens (tertiary/aromatic N) is 1. The lowest BCUT2D eigenvalue weighted by molar-refractivity contribution is -0.194. The van der Waals surface area contributed by atoms with Gasteiger partial charge in [-0.25, -0.2) is 4.79 Å². The molecule has 2 N–H and O–H groups in total. The Hall–Kier alpha value is -0.860. The molecule has 5 atom stereocenters. The first-order chi connectivity index (χ1) is 11.3. The van der Waals surface area contributed by atoms with Crippen molar-refractivity contribution in [3.8, 4) is 0 Å². The minimum atomic E-state index is -4.41. The van der Waals surface area contributed by atoms with Gasteiger partial charge in [-0.15, -0.1) is 0 Å². The number of aryl methyl sites for hydroxylation is 1. The lowest BCUT2D eigenvalue weighted by Gasteiger charge is -2.35. The van der Waals surface area contributed by atoms with E-state index in [1.165, 1.54) is 10.8 Å². The van der Waals surface area contributed by atoms with Crippen molar-refractivity contribution in [3.05, 3.63) is 32.6 Å². The van der Waals surface area contributed by atoms with Gasteiger partial charge in [0.2, 0.25) is 0 Å². The van der Waals surface area contributed by atoms with E-state index < -0.39 is 37.1 Å². The maximum atomic E-state index is 12.1. The Morgan fingerprint density at radius 3 is 2.54 bits per heavy atom. The molecule has 1 saturated heterocycles. The predicted molar refractivity (Wildman–Crippen MR) is 102 cm³/mol. The van der Waals surface area contributed by atoms with Gasteiger partial charge in [0.15, 0.2) is 0 Å². The molecule has 26 heavy (non-hydrogen) atoms. The van der Waals surface area contributed by atoms with Gasteiger partial charge in [-0.3, -0.25) is 14.3 Å². The van der Waals surface area contributed by atoms with Gasteiger partial charge < -0.3 is 19.1 Å². The van der Waals surface area contributed by atoms with Crippen LogP contribution in [0.3, 0.4) is 0 Å². The summed E-state index contributed by atoms with van der Waals surface area (Å²) in [7, 11) is -4.41. The van der Waals surface area contributed by atoms with Crippen molar-refractivity contribution in [1.82, 2.24) is 9.55 Å². The molecule has 0 radical (unpaired) electrons. The normalized spacial score (nSPS) is 26.8. The van der Waals surface area contributed by atoms with Gasteiger partial charge in [0.1, 0.15) is 13.8 Å². The topological polar surface area (TPSA) is 124 Å². The van der Waals surface area contributed by atoms with Crippen molar-refractivity contribution in [3.63, 3.8) is 0 Å². The van der Waals surface area contributed by atoms with Crippen LogP contribution in [0.25, 0.3) is 0 Å². The van der Waals surface area contributed by atoms with Gasteiger partial charge >= 0.3 is 5.69 Å². The number of rotatable bonds is 4. The van der Waals surface area contributed by atoms with E-state index in [2.05, 4.69) is 4.98 Å². The number of nitrogens with one attached hydrogen (secondary N) is 1. The van der Waals surface area contributed by atoms with E-state index in [0.29, 0.717) is 12.0 Å². The Kier molecular flexibility index (Phi) is 7.15. The number of aromatic nitrogens is 2. The average molecular weight is 407 g/mol. The number of aromatic amines is 1. The van der Waals surface area contributed by atoms with Crippen LogP contribution in [0.2, 0.25) is 0 Å². The molecule has 1 aliphatic rings. The highest BCUT2D eigenvalue weighted by Gasteiger charge is 2.45. The summed E-state index contributed by atoms with van der Waals surface area (Å²) in [5.74, 6) is -0.444. The Labute approximate surface area is 159 Å². The van der Waals surface area contributed by atoms with E-state index >= 15 is 0 Å². The summed E-state index contributed by atoms with van der Waals surface area (Å²) in [6.07, 6.45) is 0.570. The van der Waals surface area contributed by atoms with Gasteiger partial charge in [0, 0.05) is 17.9 Å². The highest BCUT2D eigenvalue weighted by Crippen LogP contribution is 2.47. The molecule has 1 aliphatic heterocycles. The van der Waals surface area contributed by atoms with Crippen LogP contribution in [0.5, 0.6) is 0 Å². The summed E-state index contributed by atoms with van der Waals surface area (Å²) in [6.45, 7) is 9.40. The first-order valence-electron chi connectivity index (χ1n) is 8.30. The highest BCUT2D eigenvalue weighted by atomic mass is 32.1. The summed E-state index contributed by atoms with van der Waals surface area (Å²) < 4.78 is 18.7. The van der Waals surface area contributed by atoms with Crippen LogP contribution in [0, 0.1) is 24.2 Å². The van der Waals surface area contributed by atoms with E-state index in [1.54, 1.807) is 13.8 Å². The smallest absolute Gasteiger partial charge is 0.330 e. The Morgan fingerprint density at radius 1 is 1.46 bits per heavy atom. The molecule has 0 saturated carbocycles. The van der Waals surface area contributed by atoms with Crippen LogP contribution in [-0.4, -0.2) is 26.7 Å². The summed E-state index contributed by atoms with van der Waals surface area (Å²) in [6, 6.07) is 0. The fourth-order valence-corrected chi connectivity index (χ4v) is 4.44. The zero-order chi connectivity index (χ0) is 19.2. The van der Waals surface area contributed by atoms with Crippen LogP contribution in [0.4, 0.5) is 0 Å². The molecule has 0 amide bonds. The molecule has 0 aliphatic carbocycles. The summed E-state index contributed by atoms with van der Waals surface area (Å²) in [5, 5.41) is 0. The second kappa shape index (κ2) is 8.02. The van der Waals surface area contributed by atoms with Crippen LogP contribution in [-0.2, 0) is 9.30 Å². The largest absolute Gasteiger partial charge is 0.779 e. The molecule has 2 unspecified atom stereocenters. The van der Waals surface area contributed by atoms with Crippen LogP contribution in [0.1, 0.15) is 45.9 Å². The molecule has 0 spiro atoms. The summed E-state index contributed by atoms with van der Waals surface area (Å²) in [4.78, 5) is 46.4. The van der Waals surface area contributed by atoms with Crippen LogP contribution in [0.15, 0.2) is 15.8 Å². The third kappa shape index (κ3) is 5.33. The molecule has 8 nitrogen and oxygen atoms in total. The van der Waals surface area contributed by atoms with Gasteiger partial charge in [-0.1, -0.05) is 27.7 Å². The van der Waals surface area contributed by atoms with E-state index in [-0.39, 0.29) is 31.0 Å². The van der Waals surface area contributed by atoms with Crippen molar-refractivity contribution >= 4 is 21.1 Å². The van der Waals surface area contributed by atoms with Gasteiger partial charge in [0.05, 0.1) is 6.10 Å². The van der Waals surface area contributed by atoms with Gasteiger partial charge in [-0.05, 0) is 30.6 Å². The van der Waals surface area contributed by atoms with Gasteiger partial charge in [0.25, 0.3) is 5.56 Å². The first kappa shape index (κ1) is 23.2. The minimum absolute atomic E-state index is 0. The van der Waals surface area contributed by atoms with Crippen molar-refractivity contribution in [2.45, 2.75) is 53.4 Å². The fraction of sp³-hybridized carbons (Fsp3) is 0.750. The molecule has 150 valence electrons. The monoisotopic (exact) mass is 407 g/mol. The van der Waals surface area contributed by atoms with Crippen molar-refractivity contribution < 1.29 is 19.1 Å². The zero-order valence-electron chi connectivity index (χ0n) is 15.7. The molecule has 1 aromatic heterocycles. The molecule has 0 bridgehead atoms. The highest BCUT2D eigenvalue weighted by molar-refractivity contribution is 7.59. The maximum absolute atomic E-state index is 12.1. The van der Waals surface area contributed by atoms with Gasteiger partial charge in [-0.2, -0.15) is 13.5 Å². The Bertz CT molecular complexity index is 793. The van der Waals surface area contributed by atoms with Crippen LogP contribution >= 0.6 is 21.1 Å². The Morgan fingerprint density at radius 2 is 2.04 bits per heavy atom. The van der Waals surface area contributed by atoms with E-state index in [4.69, 9.17) is 4.74 Å². The molecule has 1 aromatic rings. The third-order valence-corrected chi connectivity index (χ3v) is 5.85. The lowest BCUT2D eigenvalue weighted by atomic mass is 9.74. The van der Waals surface area contributed by atoms with E-state index in [9.17, 15) is 23.9 Å². The zero-order valence-corrected chi connectivity index (χ0v) is 17.6. The molecular formula is C16H28N2O6PS-. The molecule has 2 heterocycles. The molecule has 1 fully saturated rings. The van der Waals surface area contributed by atoms with E-state index in [1.807, 2.05) is 20.8 Å². The molecule has 0 aromatic carbocycles. The lowest BCUT2D eigenvalue weighted by Crippen LogP contribution is -2.35. The fourth-order valence-electron chi connectivity index (χ4n) is 3.51. The number of hydrogen-bond donors (Lipinski definition) is 2. The SMILES string of the molecule is Cc1cn([C@H]2CC(C(C)(C)C)[C@@H]([C@@H](C)CP(=O)([O-])O)O2)c(=O)[nH]c1=O.S. The first-order valence-corrected chi connectivity index (χ1v) is 10.1. The molecule has 2 rings (SSSR count). The summed E-state index contributed by atoms with van der Waals surface area (Å²) >= 11 is 0. The molecular weight excluding hydrogens is 379 g/mol. The standard InChI is InChI=1S/C16H27N2O6P.H2S/c1-9-7-18(15(20)17-14(9)19)12-6-11(16(3,4)5)13(24-12)10(2)8-25(21,22)23;/h7,10-13H,6,8H2,1-5H3,(H,17,19,20)(H2,21,22,23);1H2/p-1/t10-,11?,12+,13+;/m0./s1. The van der Waals surface area contributed by atoms with Crippen molar-refractivity contribution in [2.24, 2.45) is 17.3 Å². The van der Waals surface area contributed by atoms with Crippen LogP contribution < -0.4 is 16.1 Å². The number of H-pyrrole nitrogens is 1.